The molecule has 4 heteroatoms. The number of nitrogens with two attached hydrogens (primary N) is 1. The standard InChI is InChI=1S/C11H14N2O2/c1-14-10-4-3-9-8(11(10)15-2)5-7(6-12)13-9/h3-5,13H,6,12H2,1-2H3. The second-order valence-electron chi connectivity index (χ2n) is 3.26. The highest BCUT2D eigenvalue weighted by molar-refractivity contribution is 5.89. The molecule has 1 aromatic carbocycles. The number of benzene rings is 1. The van der Waals surface area contributed by atoms with Crippen LogP contribution in [0.15, 0.2) is 18.2 Å². The number of hydrogen-bond acceptors (Lipinski definition) is 3. The summed E-state index contributed by atoms with van der Waals surface area (Å²) in [5, 5.41) is 0.998. The van der Waals surface area contributed by atoms with Crippen molar-refractivity contribution < 1.29 is 9.47 Å². The summed E-state index contributed by atoms with van der Waals surface area (Å²) >= 11 is 0. The smallest absolute Gasteiger partial charge is 0.170 e. The van der Waals surface area contributed by atoms with Crippen LogP contribution in [0.3, 0.4) is 0 Å². The molecule has 4 nitrogen and oxygen atoms in total. The van der Waals surface area contributed by atoms with Crippen LogP contribution < -0.4 is 15.2 Å². The fourth-order valence-corrected chi connectivity index (χ4v) is 1.70. The molecular weight excluding hydrogens is 192 g/mol. The lowest BCUT2D eigenvalue weighted by Gasteiger charge is -2.07. The largest absolute Gasteiger partial charge is 0.493 e. The number of H-pyrrole nitrogens is 1. The summed E-state index contributed by atoms with van der Waals surface area (Å²) < 4.78 is 10.5. The molecule has 3 N–H and O–H groups in total. The number of hydrogen-bond donors (Lipinski definition) is 2. The number of aromatic amines is 1. The Bertz CT molecular complexity index is 477. The van der Waals surface area contributed by atoms with Gasteiger partial charge in [-0.25, -0.2) is 0 Å². The SMILES string of the molecule is COc1ccc2[nH]c(CN)cc2c1OC. The van der Waals surface area contributed by atoms with E-state index in [2.05, 4.69) is 4.98 Å². The fourth-order valence-electron chi connectivity index (χ4n) is 1.70. The summed E-state index contributed by atoms with van der Waals surface area (Å²) in [6.45, 7) is 0.486. The first kappa shape index (κ1) is 9.86. The van der Waals surface area contributed by atoms with Gasteiger partial charge >= 0.3 is 0 Å². The predicted octanol–water partition coefficient (Wildman–Crippen LogP) is 1.64. The molecule has 0 saturated heterocycles. The second kappa shape index (κ2) is 3.82. The molecule has 0 aliphatic rings. The Labute approximate surface area is 88.0 Å². The molecule has 0 spiro atoms. The Morgan fingerprint density at radius 3 is 2.67 bits per heavy atom. The van der Waals surface area contributed by atoms with Crippen LogP contribution in [0.25, 0.3) is 10.9 Å². The molecule has 2 aromatic rings. The van der Waals surface area contributed by atoms with Crippen LogP contribution in [0.2, 0.25) is 0 Å². The minimum atomic E-state index is 0.486. The Morgan fingerprint density at radius 1 is 1.27 bits per heavy atom. The lowest BCUT2D eigenvalue weighted by Crippen LogP contribution is -1.94. The van der Waals surface area contributed by atoms with Gasteiger partial charge in [0.25, 0.3) is 0 Å². The Kier molecular flexibility index (Phi) is 2.51. The highest BCUT2D eigenvalue weighted by Crippen LogP contribution is 2.35. The van der Waals surface area contributed by atoms with Gasteiger partial charge in [0, 0.05) is 23.1 Å². The van der Waals surface area contributed by atoms with E-state index in [0.717, 1.165) is 28.1 Å². The van der Waals surface area contributed by atoms with Crippen molar-refractivity contribution in [2.75, 3.05) is 14.2 Å². The van der Waals surface area contributed by atoms with E-state index in [4.69, 9.17) is 15.2 Å². The Hall–Kier alpha value is -1.68. The van der Waals surface area contributed by atoms with Crippen molar-refractivity contribution in [3.05, 3.63) is 23.9 Å². The van der Waals surface area contributed by atoms with Crippen LogP contribution in [0.5, 0.6) is 11.5 Å². The van der Waals surface area contributed by atoms with Crippen molar-refractivity contribution >= 4 is 10.9 Å². The monoisotopic (exact) mass is 206 g/mol. The van der Waals surface area contributed by atoms with Crippen molar-refractivity contribution in [1.29, 1.82) is 0 Å². The maximum atomic E-state index is 5.57. The molecule has 0 saturated carbocycles. The van der Waals surface area contributed by atoms with Crippen molar-refractivity contribution in [3.8, 4) is 11.5 Å². The van der Waals surface area contributed by atoms with Crippen LogP contribution in [0, 0.1) is 0 Å². The van der Waals surface area contributed by atoms with Gasteiger partial charge in [0.05, 0.1) is 14.2 Å². The fraction of sp³-hybridized carbons (Fsp3) is 0.273. The quantitative estimate of drug-likeness (QED) is 0.802. The molecule has 0 amide bonds. The van der Waals surface area contributed by atoms with Crippen LogP contribution in [-0.4, -0.2) is 19.2 Å². The summed E-state index contributed by atoms with van der Waals surface area (Å²) in [4.78, 5) is 3.21. The molecule has 0 radical (unpaired) electrons. The van der Waals surface area contributed by atoms with Crippen molar-refractivity contribution in [2.24, 2.45) is 5.73 Å². The summed E-state index contributed by atoms with van der Waals surface area (Å²) in [6.07, 6.45) is 0. The molecule has 0 aliphatic carbocycles. The Balaban J connectivity index is 2.69. The maximum Gasteiger partial charge on any atom is 0.170 e. The van der Waals surface area contributed by atoms with Crippen LogP contribution in [-0.2, 0) is 6.54 Å². The lowest BCUT2D eigenvalue weighted by atomic mass is 10.2. The van der Waals surface area contributed by atoms with E-state index < -0.39 is 0 Å². The summed E-state index contributed by atoms with van der Waals surface area (Å²) in [6, 6.07) is 5.81. The van der Waals surface area contributed by atoms with Gasteiger partial charge in [-0.3, -0.25) is 0 Å². The highest BCUT2D eigenvalue weighted by Gasteiger charge is 2.10. The zero-order valence-electron chi connectivity index (χ0n) is 8.83. The number of rotatable bonds is 3. The third kappa shape index (κ3) is 1.53. The number of fused-ring (bicyclic) bond motifs is 1. The van der Waals surface area contributed by atoms with Gasteiger partial charge < -0.3 is 20.2 Å². The molecule has 0 unspecified atom stereocenters. The van der Waals surface area contributed by atoms with Gasteiger partial charge in [-0.05, 0) is 18.2 Å². The van der Waals surface area contributed by atoms with E-state index in [9.17, 15) is 0 Å². The van der Waals surface area contributed by atoms with E-state index in [0.29, 0.717) is 6.54 Å². The van der Waals surface area contributed by atoms with Crippen molar-refractivity contribution in [1.82, 2.24) is 4.98 Å². The Morgan fingerprint density at radius 2 is 2.07 bits per heavy atom. The molecule has 0 fully saturated rings. The molecule has 1 aromatic heterocycles. The molecule has 15 heavy (non-hydrogen) atoms. The first-order chi connectivity index (χ1) is 7.30. The number of ether oxygens (including phenoxy) is 2. The molecule has 80 valence electrons. The first-order valence-electron chi connectivity index (χ1n) is 4.72. The molecule has 0 bridgehead atoms. The minimum Gasteiger partial charge on any atom is -0.493 e. The molecule has 1 heterocycles. The summed E-state index contributed by atoms with van der Waals surface area (Å²) in [5.41, 5.74) is 7.56. The lowest BCUT2D eigenvalue weighted by molar-refractivity contribution is 0.358. The third-order valence-electron chi connectivity index (χ3n) is 2.42. The zero-order valence-corrected chi connectivity index (χ0v) is 8.83. The second-order valence-corrected chi connectivity index (χ2v) is 3.26. The molecule has 0 aliphatic heterocycles. The minimum absolute atomic E-state index is 0.486. The predicted molar refractivity (Wildman–Crippen MR) is 59.3 cm³/mol. The van der Waals surface area contributed by atoms with E-state index in [1.165, 1.54) is 0 Å². The van der Waals surface area contributed by atoms with Gasteiger partial charge in [0.1, 0.15) is 0 Å². The number of methoxy groups -OCH3 is 2. The molecular formula is C11H14N2O2. The highest BCUT2D eigenvalue weighted by atomic mass is 16.5. The third-order valence-corrected chi connectivity index (χ3v) is 2.42. The number of aromatic nitrogens is 1. The van der Waals surface area contributed by atoms with Crippen LogP contribution in [0.1, 0.15) is 5.69 Å². The molecule has 0 atom stereocenters. The summed E-state index contributed by atoms with van der Waals surface area (Å²) in [5.74, 6) is 1.47. The van der Waals surface area contributed by atoms with Gasteiger partial charge in [0.2, 0.25) is 0 Å². The first-order valence-corrected chi connectivity index (χ1v) is 4.72. The van der Waals surface area contributed by atoms with Crippen LogP contribution in [0.4, 0.5) is 0 Å². The van der Waals surface area contributed by atoms with Gasteiger partial charge in [-0.15, -0.1) is 0 Å². The van der Waals surface area contributed by atoms with Gasteiger partial charge in [-0.2, -0.15) is 0 Å². The topological polar surface area (TPSA) is 60.3 Å². The zero-order chi connectivity index (χ0) is 10.8. The van der Waals surface area contributed by atoms with Gasteiger partial charge in [-0.1, -0.05) is 0 Å². The van der Waals surface area contributed by atoms with E-state index in [1.54, 1.807) is 14.2 Å². The average Bonchev–Trinajstić information content (AvgIpc) is 2.70. The van der Waals surface area contributed by atoms with E-state index in [1.807, 2.05) is 18.2 Å². The normalized spacial score (nSPS) is 10.6. The average molecular weight is 206 g/mol. The van der Waals surface area contributed by atoms with E-state index >= 15 is 0 Å². The van der Waals surface area contributed by atoms with Crippen LogP contribution >= 0.6 is 0 Å². The maximum absolute atomic E-state index is 5.57. The number of nitrogens with one attached hydrogen (secondary N) is 1. The van der Waals surface area contributed by atoms with Gasteiger partial charge in [0.15, 0.2) is 11.5 Å². The van der Waals surface area contributed by atoms with E-state index in [-0.39, 0.29) is 0 Å². The van der Waals surface area contributed by atoms with Crippen molar-refractivity contribution in [2.45, 2.75) is 6.54 Å². The van der Waals surface area contributed by atoms with Crippen molar-refractivity contribution in [3.63, 3.8) is 0 Å². The molecule has 2 rings (SSSR count). The summed E-state index contributed by atoms with van der Waals surface area (Å²) in [7, 11) is 3.26.